The van der Waals surface area contributed by atoms with Crippen molar-refractivity contribution in [3.05, 3.63) is 33.1 Å². The van der Waals surface area contributed by atoms with Crippen LogP contribution in [0.4, 0.5) is 5.69 Å². The summed E-state index contributed by atoms with van der Waals surface area (Å²) in [4.78, 5) is 28.3. The number of carbonyl (C=O) groups excluding carboxylic acids is 1. The number of nitrogens with one attached hydrogen (secondary N) is 1. The predicted molar refractivity (Wildman–Crippen MR) is 73.9 cm³/mol. The summed E-state index contributed by atoms with van der Waals surface area (Å²) in [5.41, 5.74) is -0.492. The molecule has 1 aromatic heterocycles. The molecule has 0 atom stereocenters. The third kappa shape index (κ3) is 3.23. The largest absolute Gasteiger partial charge is 0.349 e. The minimum absolute atomic E-state index is 0.0326. The van der Waals surface area contributed by atoms with Crippen molar-refractivity contribution in [1.29, 1.82) is 0 Å². The highest BCUT2D eigenvalue weighted by atomic mass is 35.5. The van der Waals surface area contributed by atoms with E-state index in [2.05, 4.69) is 15.2 Å². The molecule has 2 rings (SSSR count). The van der Waals surface area contributed by atoms with Gasteiger partial charge < -0.3 is 10.2 Å². The van der Waals surface area contributed by atoms with Crippen molar-refractivity contribution < 1.29 is 9.72 Å². The lowest BCUT2D eigenvalue weighted by Gasteiger charge is -2.29. The lowest BCUT2D eigenvalue weighted by atomic mass is 10.0. The number of amides is 1. The lowest BCUT2D eigenvalue weighted by Crippen LogP contribution is -2.43. The standard InChI is InChI=1S/C12H15ClN4O3/c1-16-6-3-8(4-7-16)15-12(18)9-2-5-14-11(13)10(9)17(19)20/h2,5,8H,3-4,6-7H2,1H3,(H,15,18). The summed E-state index contributed by atoms with van der Waals surface area (Å²) in [7, 11) is 2.02. The van der Waals surface area contributed by atoms with Gasteiger partial charge in [0, 0.05) is 12.2 Å². The average Bonchev–Trinajstić information content (AvgIpc) is 2.40. The molecule has 108 valence electrons. The van der Waals surface area contributed by atoms with E-state index >= 15 is 0 Å². The van der Waals surface area contributed by atoms with Gasteiger partial charge in [-0.05, 0) is 39.0 Å². The van der Waals surface area contributed by atoms with Gasteiger partial charge in [-0.15, -0.1) is 0 Å². The number of hydrogen-bond acceptors (Lipinski definition) is 5. The van der Waals surface area contributed by atoms with Crippen LogP contribution in [-0.2, 0) is 0 Å². The Morgan fingerprint density at radius 2 is 2.20 bits per heavy atom. The zero-order chi connectivity index (χ0) is 14.7. The lowest BCUT2D eigenvalue weighted by molar-refractivity contribution is -0.385. The summed E-state index contributed by atoms with van der Waals surface area (Å²) < 4.78 is 0. The Kier molecular flexibility index (Phi) is 4.51. The molecule has 0 bridgehead atoms. The summed E-state index contributed by atoms with van der Waals surface area (Å²) in [6.45, 7) is 1.79. The van der Waals surface area contributed by atoms with Gasteiger partial charge in [-0.3, -0.25) is 14.9 Å². The molecule has 1 aliphatic heterocycles. The number of hydrogen-bond donors (Lipinski definition) is 1. The van der Waals surface area contributed by atoms with E-state index < -0.39 is 16.5 Å². The van der Waals surface area contributed by atoms with E-state index in [0.717, 1.165) is 25.9 Å². The second kappa shape index (κ2) is 6.15. The minimum atomic E-state index is -0.682. The molecule has 0 unspecified atom stereocenters. The zero-order valence-electron chi connectivity index (χ0n) is 11.0. The highest BCUT2D eigenvalue weighted by Gasteiger charge is 2.27. The Balaban J connectivity index is 2.13. The number of likely N-dealkylation sites (tertiary alicyclic amines) is 1. The van der Waals surface area contributed by atoms with E-state index in [-0.39, 0.29) is 16.8 Å². The second-order valence-corrected chi connectivity index (χ2v) is 5.16. The first-order valence-corrected chi connectivity index (χ1v) is 6.65. The maximum Gasteiger partial charge on any atom is 0.319 e. The van der Waals surface area contributed by atoms with Crippen LogP contribution in [0.25, 0.3) is 0 Å². The van der Waals surface area contributed by atoms with Crippen LogP contribution in [0.2, 0.25) is 5.15 Å². The smallest absolute Gasteiger partial charge is 0.319 e. The van der Waals surface area contributed by atoms with Crippen molar-refractivity contribution in [2.45, 2.75) is 18.9 Å². The highest BCUT2D eigenvalue weighted by molar-refractivity contribution is 6.32. The van der Waals surface area contributed by atoms with Crippen molar-refractivity contribution in [1.82, 2.24) is 15.2 Å². The van der Waals surface area contributed by atoms with Crippen LogP contribution in [0.3, 0.4) is 0 Å². The van der Waals surface area contributed by atoms with Crippen molar-refractivity contribution in [2.24, 2.45) is 0 Å². The van der Waals surface area contributed by atoms with Crippen molar-refractivity contribution in [2.75, 3.05) is 20.1 Å². The molecule has 0 aromatic carbocycles. The van der Waals surface area contributed by atoms with Gasteiger partial charge in [-0.25, -0.2) is 4.98 Å². The molecule has 20 heavy (non-hydrogen) atoms. The zero-order valence-corrected chi connectivity index (χ0v) is 11.8. The molecule has 1 amide bonds. The fourth-order valence-corrected chi connectivity index (χ4v) is 2.43. The summed E-state index contributed by atoms with van der Waals surface area (Å²) in [5.74, 6) is -0.476. The monoisotopic (exact) mass is 298 g/mol. The van der Waals surface area contributed by atoms with Crippen molar-refractivity contribution >= 4 is 23.2 Å². The number of piperidine rings is 1. The van der Waals surface area contributed by atoms with Crippen LogP contribution < -0.4 is 5.32 Å². The Bertz CT molecular complexity index is 529. The quantitative estimate of drug-likeness (QED) is 0.518. The van der Waals surface area contributed by atoms with Gasteiger partial charge >= 0.3 is 5.69 Å². The molecule has 0 aliphatic carbocycles. The van der Waals surface area contributed by atoms with Gasteiger partial charge in [0.05, 0.1) is 4.92 Å². The molecule has 1 aromatic rings. The first kappa shape index (κ1) is 14.7. The number of pyridine rings is 1. The topological polar surface area (TPSA) is 88.4 Å². The number of aromatic nitrogens is 1. The van der Waals surface area contributed by atoms with Gasteiger partial charge in [0.15, 0.2) is 0 Å². The maximum atomic E-state index is 12.2. The van der Waals surface area contributed by atoms with Crippen LogP contribution in [0.15, 0.2) is 12.3 Å². The minimum Gasteiger partial charge on any atom is -0.349 e. The van der Waals surface area contributed by atoms with Crippen LogP contribution in [0.1, 0.15) is 23.2 Å². The number of nitro groups is 1. The third-order valence-electron chi connectivity index (χ3n) is 3.36. The van der Waals surface area contributed by atoms with E-state index in [1.807, 2.05) is 7.05 Å². The van der Waals surface area contributed by atoms with Crippen LogP contribution in [-0.4, -0.2) is 46.9 Å². The van der Waals surface area contributed by atoms with E-state index in [0.29, 0.717) is 0 Å². The first-order chi connectivity index (χ1) is 9.49. The molecule has 1 saturated heterocycles. The average molecular weight is 299 g/mol. The molecule has 1 aliphatic rings. The molecule has 0 radical (unpaired) electrons. The van der Waals surface area contributed by atoms with Gasteiger partial charge in [0.1, 0.15) is 5.56 Å². The fourth-order valence-electron chi connectivity index (χ4n) is 2.20. The summed E-state index contributed by atoms with van der Waals surface area (Å²) in [6, 6.07) is 1.35. The third-order valence-corrected chi connectivity index (χ3v) is 3.64. The van der Waals surface area contributed by atoms with Crippen LogP contribution in [0, 0.1) is 10.1 Å². The van der Waals surface area contributed by atoms with Crippen molar-refractivity contribution in [3.8, 4) is 0 Å². The summed E-state index contributed by atoms with van der Waals surface area (Å²) >= 11 is 5.69. The number of halogens is 1. The van der Waals surface area contributed by atoms with Gasteiger partial charge in [0.25, 0.3) is 5.91 Å². The molecular formula is C12H15ClN4O3. The van der Waals surface area contributed by atoms with Gasteiger partial charge in [-0.2, -0.15) is 0 Å². The molecule has 7 nitrogen and oxygen atoms in total. The Morgan fingerprint density at radius 1 is 1.55 bits per heavy atom. The molecule has 1 N–H and O–H groups in total. The van der Waals surface area contributed by atoms with E-state index in [9.17, 15) is 14.9 Å². The van der Waals surface area contributed by atoms with Crippen LogP contribution >= 0.6 is 11.6 Å². The predicted octanol–water partition coefficient (Wildman–Crippen LogP) is 1.47. The molecule has 8 heteroatoms. The SMILES string of the molecule is CN1CCC(NC(=O)c2ccnc(Cl)c2[N+](=O)[O-])CC1. The number of nitrogens with zero attached hydrogens (tertiary/aromatic N) is 3. The number of rotatable bonds is 3. The van der Waals surface area contributed by atoms with Crippen LogP contribution in [0.5, 0.6) is 0 Å². The first-order valence-electron chi connectivity index (χ1n) is 6.27. The number of carbonyl (C=O) groups is 1. The van der Waals surface area contributed by atoms with E-state index in [1.165, 1.54) is 12.3 Å². The highest BCUT2D eigenvalue weighted by Crippen LogP contribution is 2.26. The van der Waals surface area contributed by atoms with Crippen molar-refractivity contribution in [3.63, 3.8) is 0 Å². The van der Waals surface area contributed by atoms with E-state index in [4.69, 9.17) is 11.6 Å². The Hall–Kier alpha value is -1.73. The summed E-state index contributed by atoms with van der Waals surface area (Å²) in [6.07, 6.45) is 2.95. The fraction of sp³-hybridized carbons (Fsp3) is 0.500. The Labute approximate surface area is 121 Å². The van der Waals surface area contributed by atoms with Gasteiger partial charge in [0.2, 0.25) is 5.15 Å². The molecular weight excluding hydrogens is 284 g/mol. The molecule has 2 heterocycles. The maximum absolute atomic E-state index is 12.2. The molecule has 0 saturated carbocycles. The molecule has 0 spiro atoms. The van der Waals surface area contributed by atoms with Gasteiger partial charge in [-0.1, -0.05) is 11.6 Å². The molecule has 1 fully saturated rings. The Morgan fingerprint density at radius 3 is 2.80 bits per heavy atom. The second-order valence-electron chi connectivity index (χ2n) is 4.81. The normalized spacial score (nSPS) is 16.9. The van der Waals surface area contributed by atoms with E-state index in [1.54, 1.807) is 0 Å². The summed E-state index contributed by atoms with van der Waals surface area (Å²) in [5, 5.41) is 13.5.